The zero-order chi connectivity index (χ0) is 14.1. The number of rotatable bonds is 3. The second-order valence-electron chi connectivity index (χ2n) is 5.01. The highest BCUT2D eigenvalue weighted by atomic mass is 35.5. The van der Waals surface area contributed by atoms with Gasteiger partial charge in [-0.1, -0.05) is 42.0 Å². The van der Waals surface area contributed by atoms with Crippen molar-refractivity contribution in [2.24, 2.45) is 0 Å². The summed E-state index contributed by atoms with van der Waals surface area (Å²) in [5.41, 5.74) is 1.74. The zero-order valence-corrected chi connectivity index (χ0v) is 11.6. The Bertz CT molecular complexity index is 616. The van der Waals surface area contributed by atoms with Gasteiger partial charge in [-0.25, -0.2) is 0 Å². The van der Waals surface area contributed by atoms with Gasteiger partial charge in [-0.3, -0.25) is 9.59 Å². The Morgan fingerprint density at radius 1 is 1.20 bits per heavy atom. The van der Waals surface area contributed by atoms with Crippen molar-refractivity contribution in [1.82, 2.24) is 4.90 Å². The van der Waals surface area contributed by atoms with Crippen molar-refractivity contribution in [3.63, 3.8) is 0 Å². The smallest absolute Gasteiger partial charge is 0.295 e. The molecule has 0 saturated carbocycles. The molecule has 4 heteroatoms. The van der Waals surface area contributed by atoms with Gasteiger partial charge in [0.05, 0.1) is 6.04 Å². The number of allylic oxidation sites excluding steroid dienone is 2. The minimum atomic E-state index is -0.376. The number of ketones is 1. The van der Waals surface area contributed by atoms with E-state index in [9.17, 15) is 9.59 Å². The summed E-state index contributed by atoms with van der Waals surface area (Å²) in [6.45, 7) is 0.558. The Morgan fingerprint density at radius 2 is 1.95 bits per heavy atom. The van der Waals surface area contributed by atoms with E-state index >= 15 is 0 Å². The van der Waals surface area contributed by atoms with Gasteiger partial charge in [0.15, 0.2) is 0 Å². The monoisotopic (exact) mass is 287 g/mol. The lowest BCUT2D eigenvalue weighted by Gasteiger charge is -2.24. The molecule has 0 bridgehead atoms. The lowest BCUT2D eigenvalue weighted by Crippen LogP contribution is -2.36. The van der Waals surface area contributed by atoms with Crippen LogP contribution in [-0.4, -0.2) is 29.2 Å². The molecule has 1 aromatic rings. The van der Waals surface area contributed by atoms with Crippen LogP contribution in [0, 0.1) is 0 Å². The van der Waals surface area contributed by atoms with Crippen LogP contribution in [0.2, 0.25) is 5.02 Å². The molecule has 1 unspecified atom stereocenters. The highest BCUT2D eigenvalue weighted by Gasteiger charge is 2.42. The molecule has 3 rings (SSSR count). The van der Waals surface area contributed by atoms with Crippen LogP contribution in [0.15, 0.2) is 48.1 Å². The molecule has 0 radical (unpaired) electrons. The number of fused-ring (bicyclic) bond motifs is 1. The molecule has 1 saturated heterocycles. The van der Waals surface area contributed by atoms with E-state index in [-0.39, 0.29) is 17.7 Å². The third-order valence-electron chi connectivity index (χ3n) is 3.78. The predicted molar refractivity (Wildman–Crippen MR) is 77.5 cm³/mol. The van der Waals surface area contributed by atoms with E-state index < -0.39 is 0 Å². The summed E-state index contributed by atoms with van der Waals surface area (Å²) in [5, 5.41) is 0.698. The maximum Gasteiger partial charge on any atom is 0.295 e. The molecule has 1 aliphatic heterocycles. The summed E-state index contributed by atoms with van der Waals surface area (Å²) >= 11 is 5.85. The van der Waals surface area contributed by atoms with Gasteiger partial charge < -0.3 is 4.90 Å². The zero-order valence-electron chi connectivity index (χ0n) is 10.9. The quantitative estimate of drug-likeness (QED) is 0.801. The number of nitrogens with zero attached hydrogens (tertiary/aromatic N) is 1. The molecule has 0 N–H and O–H groups in total. The summed E-state index contributed by atoms with van der Waals surface area (Å²) in [6, 6.07) is 7.49. The fourth-order valence-electron chi connectivity index (χ4n) is 2.69. The van der Waals surface area contributed by atoms with E-state index in [4.69, 9.17) is 11.6 Å². The number of carbonyl (C=O) groups is 2. The van der Waals surface area contributed by atoms with E-state index in [1.807, 2.05) is 36.4 Å². The summed E-state index contributed by atoms with van der Waals surface area (Å²) in [7, 11) is 0. The van der Waals surface area contributed by atoms with Crippen molar-refractivity contribution in [1.29, 1.82) is 0 Å². The molecule has 1 atom stereocenters. The van der Waals surface area contributed by atoms with E-state index in [0.29, 0.717) is 17.1 Å². The van der Waals surface area contributed by atoms with Crippen molar-refractivity contribution < 1.29 is 9.59 Å². The summed E-state index contributed by atoms with van der Waals surface area (Å²) in [6.07, 6.45) is 7.05. The van der Waals surface area contributed by atoms with Crippen LogP contribution in [0.4, 0.5) is 0 Å². The van der Waals surface area contributed by atoms with Crippen molar-refractivity contribution in [3.8, 4) is 0 Å². The van der Waals surface area contributed by atoms with E-state index in [1.54, 1.807) is 11.0 Å². The number of Topliss-reactive ketones (excluding diaryl/α,β-unsaturated/α-hetero) is 1. The van der Waals surface area contributed by atoms with Crippen LogP contribution in [0.25, 0.3) is 0 Å². The van der Waals surface area contributed by atoms with Gasteiger partial charge in [0.1, 0.15) is 0 Å². The topological polar surface area (TPSA) is 37.4 Å². The number of hydrogen-bond acceptors (Lipinski definition) is 2. The first-order valence-corrected chi connectivity index (χ1v) is 7.01. The van der Waals surface area contributed by atoms with E-state index in [0.717, 1.165) is 18.4 Å². The maximum absolute atomic E-state index is 12.0. The molecule has 1 aliphatic carbocycles. The van der Waals surface area contributed by atoms with Crippen molar-refractivity contribution in [3.05, 3.63) is 58.7 Å². The molecule has 1 fully saturated rings. The van der Waals surface area contributed by atoms with Crippen LogP contribution in [0.5, 0.6) is 0 Å². The number of amides is 1. The minimum absolute atomic E-state index is 0.0766. The van der Waals surface area contributed by atoms with E-state index in [2.05, 4.69) is 0 Å². The van der Waals surface area contributed by atoms with Gasteiger partial charge in [0.25, 0.3) is 5.91 Å². The number of carbonyl (C=O) groups excluding carboxylic acids is 2. The van der Waals surface area contributed by atoms with Crippen molar-refractivity contribution in [2.75, 3.05) is 6.54 Å². The summed E-state index contributed by atoms with van der Waals surface area (Å²) < 4.78 is 0. The van der Waals surface area contributed by atoms with Crippen LogP contribution < -0.4 is 0 Å². The second kappa shape index (κ2) is 5.25. The SMILES string of the molecule is O=C1C(=O)N(CCc2ccc(Cl)cc2)C2CC=CC=C12. The second-order valence-corrected chi connectivity index (χ2v) is 5.44. The molecule has 1 amide bonds. The molecule has 102 valence electrons. The van der Waals surface area contributed by atoms with Gasteiger partial charge in [-0.05, 0) is 30.5 Å². The Labute approximate surface area is 122 Å². The number of hydrogen-bond donors (Lipinski definition) is 0. The molecule has 2 aliphatic rings. The first-order valence-electron chi connectivity index (χ1n) is 6.63. The normalized spacial score (nSPS) is 21.1. The van der Waals surface area contributed by atoms with Crippen LogP contribution >= 0.6 is 11.6 Å². The number of likely N-dealkylation sites (tertiary alicyclic amines) is 1. The molecule has 3 nitrogen and oxygen atoms in total. The highest BCUT2D eigenvalue weighted by Crippen LogP contribution is 2.28. The maximum atomic E-state index is 12.0. The Hall–Kier alpha value is -1.87. The lowest BCUT2D eigenvalue weighted by atomic mass is 9.99. The first-order chi connectivity index (χ1) is 9.66. The fourth-order valence-corrected chi connectivity index (χ4v) is 2.82. The van der Waals surface area contributed by atoms with E-state index in [1.165, 1.54) is 0 Å². The molecule has 0 spiro atoms. The molecule has 1 heterocycles. The first kappa shape index (κ1) is 13.1. The highest BCUT2D eigenvalue weighted by molar-refractivity contribution is 6.45. The fraction of sp³-hybridized carbons (Fsp3) is 0.250. The van der Waals surface area contributed by atoms with Crippen LogP contribution in [-0.2, 0) is 16.0 Å². The van der Waals surface area contributed by atoms with Crippen LogP contribution in [0.1, 0.15) is 12.0 Å². The minimum Gasteiger partial charge on any atom is -0.328 e. The van der Waals surface area contributed by atoms with Gasteiger partial charge >= 0.3 is 0 Å². The lowest BCUT2D eigenvalue weighted by molar-refractivity contribution is -0.139. The summed E-state index contributed by atoms with van der Waals surface area (Å²) in [5.74, 6) is -0.727. The average molecular weight is 288 g/mol. The summed E-state index contributed by atoms with van der Waals surface area (Å²) in [4.78, 5) is 25.6. The van der Waals surface area contributed by atoms with Crippen molar-refractivity contribution in [2.45, 2.75) is 18.9 Å². The number of halogens is 1. The van der Waals surface area contributed by atoms with Gasteiger partial charge in [0.2, 0.25) is 5.78 Å². The Balaban J connectivity index is 1.73. The van der Waals surface area contributed by atoms with Crippen LogP contribution in [0.3, 0.4) is 0 Å². The van der Waals surface area contributed by atoms with Gasteiger partial charge in [-0.15, -0.1) is 0 Å². The molecular weight excluding hydrogens is 274 g/mol. The molecule has 20 heavy (non-hydrogen) atoms. The largest absolute Gasteiger partial charge is 0.328 e. The average Bonchev–Trinajstić information content (AvgIpc) is 2.71. The van der Waals surface area contributed by atoms with Gasteiger partial charge in [0, 0.05) is 17.1 Å². The number of benzene rings is 1. The molecular formula is C16H14ClNO2. The molecule has 1 aromatic carbocycles. The van der Waals surface area contributed by atoms with Gasteiger partial charge in [-0.2, -0.15) is 0 Å². The predicted octanol–water partition coefficient (Wildman–Crippen LogP) is 2.55. The molecule has 0 aromatic heterocycles. The third-order valence-corrected chi connectivity index (χ3v) is 4.03. The van der Waals surface area contributed by atoms with Crippen molar-refractivity contribution >= 4 is 23.3 Å². The Morgan fingerprint density at radius 3 is 2.70 bits per heavy atom. The standard InChI is InChI=1S/C16H14ClNO2/c17-12-7-5-11(6-8-12)9-10-18-14-4-2-1-3-13(14)15(19)16(18)20/h1-3,5-8,14H,4,9-10H2. The Kier molecular flexibility index (Phi) is 3.45. The third kappa shape index (κ3) is 2.29.